The van der Waals surface area contributed by atoms with Crippen LogP contribution in [0.3, 0.4) is 0 Å². The molecule has 682 valence electrons. The number of fused-ring (bicyclic) bond motifs is 3. The van der Waals surface area contributed by atoms with Gasteiger partial charge in [-0.3, -0.25) is 48.9 Å². The zero-order chi connectivity index (χ0) is 96.6. The van der Waals surface area contributed by atoms with Gasteiger partial charge in [-0.1, -0.05) is 138 Å². The van der Waals surface area contributed by atoms with Crippen LogP contribution in [0.2, 0.25) is 0 Å². The SMILES string of the molecule is BrC1=CC=NC(Br)C1.CN(C)C(=O)C(C#N)c1cc(Br)ccn1.COc1ccccc1-c1c[nH]c2ncc(-c3ccnc(C(O)C(=O)N(C)C)c3)cc12.COc1ccccc1-c1cn(S(=O)(=O)c2ccc(C)cc2)c2ncc(-c3ccnc(C(=O)C(=O)N(C)C)c3)cc12.COc1ccccc1-c1cn(S(=O)(=O)c2ccc(C)cc2)c2ncc(-c3ccnc(C(C#N)C(=O)N(C)C)c3)cc12. The van der Waals surface area contributed by atoms with E-state index < -0.39 is 55.6 Å². The van der Waals surface area contributed by atoms with Crippen molar-refractivity contribution in [1.82, 2.24) is 67.4 Å². The molecule has 0 saturated heterocycles. The number of aromatic nitrogens is 10. The first kappa shape index (κ1) is 98.4. The molecule has 2 N–H and O–H groups in total. The Kier molecular flexibility index (Phi) is 32.1. The van der Waals surface area contributed by atoms with Crippen LogP contribution >= 0.6 is 47.8 Å². The predicted molar refractivity (Wildman–Crippen MR) is 524 cm³/mol. The number of dihydropyridines is 1. The minimum Gasteiger partial charge on any atom is -0.496 e. The van der Waals surface area contributed by atoms with Crippen LogP contribution in [-0.2, 0) is 39.2 Å². The van der Waals surface area contributed by atoms with Crippen molar-refractivity contribution >= 4 is 137 Å². The summed E-state index contributed by atoms with van der Waals surface area (Å²) < 4.78 is 76.2. The van der Waals surface area contributed by atoms with Crippen LogP contribution < -0.4 is 14.2 Å². The number of ketones is 1. The lowest BCUT2D eigenvalue weighted by Gasteiger charge is -2.16. The Morgan fingerprint density at radius 3 is 1.29 bits per heavy atom. The molecule has 4 amide bonds. The number of aliphatic hydroxyl groups is 1. The maximum atomic E-state index is 13.8. The number of alkyl halides is 1. The summed E-state index contributed by atoms with van der Waals surface area (Å²) in [6.45, 7) is 3.78. The van der Waals surface area contributed by atoms with Gasteiger partial charge in [0.25, 0.3) is 37.6 Å². The molecule has 5 aromatic carbocycles. The number of Topliss-reactive ketones (excluding diaryl/α,β-unsaturated/α-hetero) is 1. The van der Waals surface area contributed by atoms with Crippen LogP contribution in [0.15, 0.2) is 280 Å². The number of aliphatic imine (C=N–C) groups is 1. The smallest absolute Gasteiger partial charge is 0.296 e. The number of ether oxygens (including phenoxy) is 3. The number of halogens is 3. The van der Waals surface area contributed by atoms with Crippen LogP contribution in [0.1, 0.15) is 63.1 Å². The molecule has 0 saturated carbocycles. The van der Waals surface area contributed by atoms with E-state index >= 15 is 0 Å². The minimum absolute atomic E-state index is 0.000711. The Morgan fingerprint density at radius 2 is 0.873 bits per heavy atom. The summed E-state index contributed by atoms with van der Waals surface area (Å²) in [6, 6.07) is 59.1. The molecule has 16 rings (SSSR count). The average molecular weight is 2030 g/mol. The molecule has 4 atom stereocenters. The fourth-order valence-corrected chi connectivity index (χ4v) is 18.3. The maximum absolute atomic E-state index is 13.8. The number of aryl methyl sites for hydroxylation is 2. The first-order valence-electron chi connectivity index (χ1n) is 41.0. The number of aliphatic hydroxyl groups excluding tert-OH is 1. The van der Waals surface area contributed by atoms with E-state index in [1.807, 2.05) is 129 Å². The number of carbonyl (C=O) groups excluding carboxylic acids is 5. The van der Waals surface area contributed by atoms with Gasteiger partial charge in [0.15, 0.2) is 29.2 Å². The van der Waals surface area contributed by atoms with Gasteiger partial charge in [-0.05, 0) is 150 Å². The Hall–Kier alpha value is -14.6. The lowest BCUT2D eigenvalue weighted by Crippen LogP contribution is -2.30. The van der Waals surface area contributed by atoms with E-state index in [2.05, 4.69) is 92.7 Å². The number of nitrogens with one attached hydrogen (secondary N) is 1. The van der Waals surface area contributed by atoms with Gasteiger partial charge in [0, 0.05) is 202 Å². The highest BCUT2D eigenvalue weighted by Gasteiger charge is 2.31. The molecular weight excluding hydrogens is 1940 g/mol. The molecule has 4 unspecified atom stereocenters. The Morgan fingerprint density at radius 1 is 0.470 bits per heavy atom. The Balaban J connectivity index is 0.000000163. The lowest BCUT2D eigenvalue weighted by molar-refractivity contribution is -0.138. The molecular formula is C99H90Br3N17O13S2. The number of benzene rings is 5. The molecule has 0 bridgehead atoms. The number of amides is 4. The van der Waals surface area contributed by atoms with Gasteiger partial charge >= 0.3 is 0 Å². The molecule has 0 spiro atoms. The molecule has 1 aliphatic heterocycles. The average Bonchev–Trinajstić information content (AvgIpc) is 1.59. The van der Waals surface area contributed by atoms with E-state index in [0.717, 1.165) is 61.1 Å². The van der Waals surface area contributed by atoms with Crippen molar-refractivity contribution in [2.45, 2.75) is 53.0 Å². The summed E-state index contributed by atoms with van der Waals surface area (Å²) in [5, 5.41) is 31.0. The predicted octanol–water partition coefficient (Wildman–Crippen LogP) is 17.0. The first-order valence-corrected chi connectivity index (χ1v) is 46.4. The number of methoxy groups -OCH3 is 3. The molecule has 134 heavy (non-hydrogen) atoms. The van der Waals surface area contributed by atoms with Crippen LogP contribution in [0.5, 0.6) is 17.2 Å². The fraction of sp³-hybridized carbons (Fsp3) is 0.182. The van der Waals surface area contributed by atoms with E-state index in [1.165, 1.54) is 70.8 Å². The van der Waals surface area contributed by atoms with E-state index in [1.54, 1.807) is 198 Å². The number of hydrogen-bond donors (Lipinski definition) is 2. The van der Waals surface area contributed by atoms with Crippen LogP contribution in [0.25, 0.3) is 99.9 Å². The number of carbonyl (C=O) groups is 5. The van der Waals surface area contributed by atoms with Crippen molar-refractivity contribution in [2.24, 2.45) is 4.99 Å². The highest BCUT2D eigenvalue weighted by molar-refractivity contribution is 9.12. The van der Waals surface area contributed by atoms with Crippen molar-refractivity contribution in [3.05, 3.63) is 299 Å². The number of allylic oxidation sites excluding steroid dienone is 1. The number of aromatic amines is 1. The van der Waals surface area contributed by atoms with Crippen molar-refractivity contribution in [3.63, 3.8) is 0 Å². The van der Waals surface area contributed by atoms with E-state index in [0.29, 0.717) is 83.9 Å². The van der Waals surface area contributed by atoms with Crippen LogP contribution in [-0.4, -0.2) is 208 Å². The van der Waals surface area contributed by atoms with Crippen LogP contribution in [0.4, 0.5) is 0 Å². The third kappa shape index (κ3) is 22.4. The van der Waals surface area contributed by atoms with Gasteiger partial charge in [-0.15, -0.1) is 0 Å². The molecule has 11 heterocycles. The number of nitrogens with zero attached hydrogens (tertiary/aromatic N) is 16. The quantitative estimate of drug-likeness (QED) is 0.0292. The number of hydrogen-bond acceptors (Lipinski definition) is 23. The molecule has 0 fully saturated rings. The summed E-state index contributed by atoms with van der Waals surface area (Å²) in [5.74, 6) is -2.44. The molecule has 10 aromatic heterocycles. The van der Waals surface area contributed by atoms with Gasteiger partial charge in [-0.2, -0.15) is 10.5 Å². The number of rotatable bonds is 21. The zero-order valence-corrected chi connectivity index (χ0v) is 81.2. The first-order chi connectivity index (χ1) is 64.1. The van der Waals surface area contributed by atoms with Crippen molar-refractivity contribution in [2.75, 3.05) is 77.7 Å². The van der Waals surface area contributed by atoms with Gasteiger partial charge in [0.2, 0.25) is 11.8 Å². The van der Waals surface area contributed by atoms with Crippen LogP contribution in [0, 0.1) is 36.5 Å². The second kappa shape index (κ2) is 43.6. The number of nitriles is 2. The highest BCUT2D eigenvalue weighted by Crippen LogP contribution is 2.43. The second-order valence-corrected chi connectivity index (χ2v) is 37.6. The number of para-hydroxylation sites is 3. The summed E-state index contributed by atoms with van der Waals surface area (Å²) in [7, 11) is 9.38. The lowest BCUT2D eigenvalue weighted by atomic mass is 9.99. The number of likely N-dealkylation sites (N-methyl/N-ethyl adjacent to an activating group) is 4. The van der Waals surface area contributed by atoms with E-state index in [4.69, 9.17) is 19.5 Å². The molecule has 30 nitrogen and oxygen atoms in total. The number of H-pyrrole nitrogens is 1. The number of pyridine rings is 7. The maximum Gasteiger partial charge on any atom is 0.296 e. The van der Waals surface area contributed by atoms with Gasteiger partial charge in [0.1, 0.15) is 33.5 Å². The highest BCUT2D eigenvalue weighted by atomic mass is 79.9. The molecule has 35 heteroatoms. The van der Waals surface area contributed by atoms with Crippen molar-refractivity contribution in [1.29, 1.82) is 10.5 Å². The topological polar surface area (TPSA) is 390 Å². The summed E-state index contributed by atoms with van der Waals surface area (Å²) >= 11 is 10.00. The molecule has 15 aromatic rings. The molecule has 0 aliphatic carbocycles. The Bertz CT molecular complexity index is 7340. The van der Waals surface area contributed by atoms with Gasteiger partial charge in [0.05, 0.1) is 60.3 Å². The standard InChI is InChI=1S/C31H27N5O4S.C30H26N4O5S.C23H22N4O3.C10H10BrN3O.C5H5Br2N/c1-20-9-11-23(12-10-20)41(38,39)36-19-27(24-7-5-6-8-29(24)40-4)25-15-22(18-34-30(25)36)21-13-14-33-28(16-21)26(17-32)31(37)35(2)3;1-19-9-11-22(12-10-19)40(37,38)34-18-25(23-7-5-6-8-27(23)39-4)24-15-21(17-32-29(24)34)20-13-14-31-26(16-20)28(35)30(36)33(2)3;1-27(2)23(29)21(28)19-11-14(8-9-24-19)15-10-17-18(13-26-22(17)25-12-15)16-6-4-5-7-20(16)30-3;1-14(2)10(15)8(6-12)9-5-7(11)3-4-13-9;6-4-1-2-8-5(7)3-4/h5-16,18-19,26H,1-4H3;5-18H,1-4H3;4-13,21,28H,1-3H3,(H,25,26);3-5,8H,1-2H3;1-2,5H,3H2. The molecule has 0 radical (unpaired) electrons. The normalized spacial score (nSPS) is 12.7. The zero-order valence-electron chi connectivity index (χ0n) is 74.8. The summed E-state index contributed by atoms with van der Waals surface area (Å²) in [6.07, 6.45) is 19.4. The van der Waals surface area contributed by atoms with Crippen molar-refractivity contribution < 1.29 is 60.1 Å². The van der Waals surface area contributed by atoms with E-state index in [9.17, 15) is 51.2 Å². The summed E-state index contributed by atoms with van der Waals surface area (Å²) in [5.41, 5.74) is 13.0. The summed E-state index contributed by atoms with van der Waals surface area (Å²) in [4.78, 5) is 104. The monoisotopic (exact) mass is 2030 g/mol. The third-order valence-corrected chi connectivity index (χ3v) is 26.0. The van der Waals surface area contributed by atoms with Gasteiger partial charge < -0.3 is 43.9 Å². The van der Waals surface area contributed by atoms with Crippen molar-refractivity contribution in [3.8, 4) is 96.1 Å². The third-order valence-electron chi connectivity index (χ3n) is 21.0. The Labute approximate surface area is 799 Å². The molecule has 1 aliphatic rings. The van der Waals surface area contributed by atoms with E-state index in [-0.39, 0.29) is 43.5 Å². The fourth-order valence-electron chi connectivity index (χ4n) is 14.0. The minimum atomic E-state index is -3.99. The van der Waals surface area contributed by atoms with Gasteiger partial charge in [-0.25, -0.2) is 39.7 Å². The second-order valence-electron chi connectivity index (χ2n) is 31.0. The largest absolute Gasteiger partial charge is 0.496 e.